The minimum atomic E-state index is 0.318. The van der Waals surface area contributed by atoms with Crippen LogP contribution in [0, 0.1) is 3.95 Å². The molecule has 0 saturated heterocycles. The molecule has 1 rings (SSSR count). The highest BCUT2D eigenvalue weighted by atomic mass is 32.1. The summed E-state index contributed by atoms with van der Waals surface area (Å²) in [6, 6.07) is 0.318. The zero-order valence-corrected chi connectivity index (χ0v) is 10.0. The molecule has 80 valence electrons. The Labute approximate surface area is 92.7 Å². The summed E-state index contributed by atoms with van der Waals surface area (Å²) >= 11 is 6.39. The number of anilines is 1. The number of ether oxygens (including phenoxy) is 1. The Bertz CT molecular complexity index is 304. The van der Waals surface area contributed by atoms with E-state index in [1.807, 2.05) is 0 Å². The smallest absolute Gasteiger partial charge is 0.204 e. The SMILES string of the molecule is CCCC(COC)Nc1n[nH]c(=S)s1. The van der Waals surface area contributed by atoms with Crippen LogP contribution in [0.25, 0.3) is 0 Å². The number of aromatic amines is 1. The van der Waals surface area contributed by atoms with Gasteiger partial charge in [-0.3, -0.25) is 5.10 Å². The van der Waals surface area contributed by atoms with Gasteiger partial charge in [0.2, 0.25) is 5.13 Å². The van der Waals surface area contributed by atoms with Crippen LogP contribution in [-0.2, 0) is 4.74 Å². The van der Waals surface area contributed by atoms with E-state index < -0.39 is 0 Å². The lowest BCUT2D eigenvalue weighted by Gasteiger charge is -2.15. The van der Waals surface area contributed by atoms with Gasteiger partial charge in [0, 0.05) is 7.11 Å². The van der Waals surface area contributed by atoms with E-state index >= 15 is 0 Å². The van der Waals surface area contributed by atoms with E-state index in [9.17, 15) is 0 Å². The summed E-state index contributed by atoms with van der Waals surface area (Å²) in [7, 11) is 1.71. The van der Waals surface area contributed by atoms with Gasteiger partial charge in [-0.15, -0.1) is 5.10 Å². The van der Waals surface area contributed by atoms with Crippen LogP contribution in [0.5, 0.6) is 0 Å². The second-order valence-corrected chi connectivity index (χ2v) is 4.67. The Balaban J connectivity index is 2.50. The zero-order valence-electron chi connectivity index (χ0n) is 8.37. The van der Waals surface area contributed by atoms with E-state index in [0.717, 1.165) is 18.0 Å². The van der Waals surface area contributed by atoms with Crippen LogP contribution in [0.2, 0.25) is 0 Å². The molecule has 0 saturated carbocycles. The second kappa shape index (κ2) is 6.10. The first kappa shape index (κ1) is 11.6. The van der Waals surface area contributed by atoms with Crippen molar-refractivity contribution in [2.24, 2.45) is 0 Å². The van der Waals surface area contributed by atoms with Gasteiger partial charge in [-0.25, -0.2) is 0 Å². The number of hydrogen-bond acceptors (Lipinski definition) is 5. The third-order valence-electron chi connectivity index (χ3n) is 1.77. The largest absolute Gasteiger partial charge is 0.383 e. The van der Waals surface area contributed by atoms with Gasteiger partial charge in [-0.05, 0) is 18.6 Å². The number of aromatic nitrogens is 2. The van der Waals surface area contributed by atoms with Crippen LogP contribution in [0.4, 0.5) is 5.13 Å². The van der Waals surface area contributed by atoms with Gasteiger partial charge in [-0.1, -0.05) is 24.7 Å². The number of nitrogens with one attached hydrogen (secondary N) is 2. The van der Waals surface area contributed by atoms with Crippen molar-refractivity contribution < 1.29 is 4.74 Å². The molecule has 1 aromatic rings. The molecule has 14 heavy (non-hydrogen) atoms. The third-order valence-corrected chi connectivity index (χ3v) is 2.79. The van der Waals surface area contributed by atoms with Crippen LogP contribution in [0.15, 0.2) is 0 Å². The molecule has 1 aromatic heterocycles. The fraction of sp³-hybridized carbons (Fsp3) is 0.750. The molecule has 0 radical (unpaired) electrons. The fourth-order valence-electron chi connectivity index (χ4n) is 1.21. The molecule has 1 atom stereocenters. The maximum atomic E-state index is 5.11. The summed E-state index contributed by atoms with van der Waals surface area (Å²) in [5, 5.41) is 10.9. The van der Waals surface area contributed by atoms with Gasteiger partial charge in [0.1, 0.15) is 0 Å². The molecule has 0 aromatic carbocycles. The van der Waals surface area contributed by atoms with E-state index in [0.29, 0.717) is 16.6 Å². The van der Waals surface area contributed by atoms with Gasteiger partial charge in [-0.2, -0.15) is 0 Å². The summed E-state index contributed by atoms with van der Waals surface area (Å²) in [6.07, 6.45) is 2.19. The number of methoxy groups -OCH3 is 1. The minimum Gasteiger partial charge on any atom is -0.383 e. The van der Waals surface area contributed by atoms with Crippen molar-refractivity contribution in [1.82, 2.24) is 10.2 Å². The lowest BCUT2D eigenvalue weighted by molar-refractivity contribution is 0.182. The monoisotopic (exact) mass is 233 g/mol. The molecule has 0 amide bonds. The lowest BCUT2D eigenvalue weighted by Crippen LogP contribution is -2.24. The zero-order chi connectivity index (χ0) is 10.4. The molecule has 2 N–H and O–H groups in total. The van der Waals surface area contributed by atoms with Crippen molar-refractivity contribution in [1.29, 1.82) is 0 Å². The van der Waals surface area contributed by atoms with Gasteiger partial charge in [0.15, 0.2) is 3.95 Å². The van der Waals surface area contributed by atoms with Crippen molar-refractivity contribution in [3.8, 4) is 0 Å². The second-order valence-electron chi connectivity index (χ2n) is 3.00. The Kier molecular flexibility index (Phi) is 5.06. The predicted molar refractivity (Wildman–Crippen MR) is 61.5 cm³/mol. The topological polar surface area (TPSA) is 49.9 Å². The van der Waals surface area contributed by atoms with E-state index in [1.54, 1.807) is 7.11 Å². The molecular weight excluding hydrogens is 218 g/mol. The summed E-state index contributed by atoms with van der Waals surface area (Å²) in [4.78, 5) is 0. The summed E-state index contributed by atoms with van der Waals surface area (Å²) < 4.78 is 5.81. The first-order valence-corrected chi connectivity index (χ1v) is 5.79. The van der Waals surface area contributed by atoms with Crippen LogP contribution in [0.3, 0.4) is 0 Å². The lowest BCUT2D eigenvalue weighted by atomic mass is 10.2. The first-order chi connectivity index (χ1) is 6.76. The molecule has 0 fully saturated rings. The first-order valence-electron chi connectivity index (χ1n) is 4.57. The van der Waals surface area contributed by atoms with E-state index in [1.165, 1.54) is 11.3 Å². The normalized spacial score (nSPS) is 12.7. The van der Waals surface area contributed by atoms with Gasteiger partial charge in [0.25, 0.3) is 0 Å². The number of hydrogen-bond donors (Lipinski definition) is 2. The summed E-state index contributed by atoms with van der Waals surface area (Å²) in [5.74, 6) is 0. The Hall–Kier alpha value is -0.460. The van der Waals surface area contributed by atoms with Crippen molar-refractivity contribution in [3.63, 3.8) is 0 Å². The van der Waals surface area contributed by atoms with Crippen LogP contribution in [0.1, 0.15) is 19.8 Å². The number of nitrogens with zero attached hydrogens (tertiary/aromatic N) is 1. The van der Waals surface area contributed by atoms with Crippen LogP contribution in [-0.4, -0.2) is 30.0 Å². The maximum absolute atomic E-state index is 5.11. The van der Waals surface area contributed by atoms with E-state index in [2.05, 4.69) is 22.4 Å². The maximum Gasteiger partial charge on any atom is 0.204 e. The van der Waals surface area contributed by atoms with Crippen molar-refractivity contribution in [3.05, 3.63) is 3.95 Å². The molecular formula is C8H15N3OS2. The van der Waals surface area contributed by atoms with E-state index in [-0.39, 0.29) is 0 Å². The van der Waals surface area contributed by atoms with Crippen LogP contribution < -0.4 is 5.32 Å². The molecule has 0 bridgehead atoms. The molecule has 0 aliphatic rings. The van der Waals surface area contributed by atoms with Crippen molar-refractivity contribution >= 4 is 28.7 Å². The highest BCUT2D eigenvalue weighted by molar-refractivity contribution is 7.73. The van der Waals surface area contributed by atoms with Crippen molar-refractivity contribution in [2.45, 2.75) is 25.8 Å². The summed E-state index contributed by atoms with van der Waals surface area (Å²) in [6.45, 7) is 2.84. The van der Waals surface area contributed by atoms with Crippen LogP contribution >= 0.6 is 23.6 Å². The number of H-pyrrole nitrogens is 1. The number of rotatable bonds is 6. The fourth-order valence-corrected chi connectivity index (χ4v) is 2.08. The third kappa shape index (κ3) is 3.73. The summed E-state index contributed by atoms with van der Waals surface area (Å²) in [5.41, 5.74) is 0. The predicted octanol–water partition coefficient (Wildman–Crippen LogP) is 2.43. The molecule has 1 heterocycles. The standard InChI is InChI=1S/C8H15N3OS2/c1-3-4-6(5-12-2)9-7-10-11-8(13)14-7/h6H,3-5H2,1-2H3,(H,9,10)(H,11,13). The molecule has 1 unspecified atom stereocenters. The molecule has 0 spiro atoms. The Morgan fingerprint density at radius 2 is 2.50 bits per heavy atom. The van der Waals surface area contributed by atoms with Gasteiger partial charge < -0.3 is 10.1 Å². The minimum absolute atomic E-state index is 0.318. The molecule has 0 aliphatic heterocycles. The Morgan fingerprint density at radius 3 is 3.00 bits per heavy atom. The molecule has 4 nitrogen and oxygen atoms in total. The van der Waals surface area contributed by atoms with Crippen molar-refractivity contribution in [2.75, 3.05) is 19.0 Å². The van der Waals surface area contributed by atoms with E-state index in [4.69, 9.17) is 17.0 Å². The highest BCUT2D eigenvalue weighted by Gasteiger charge is 2.08. The molecule has 6 heteroatoms. The molecule has 0 aliphatic carbocycles. The average molecular weight is 233 g/mol. The van der Waals surface area contributed by atoms with Gasteiger partial charge >= 0.3 is 0 Å². The average Bonchev–Trinajstić information content (AvgIpc) is 2.52. The Morgan fingerprint density at radius 1 is 1.71 bits per heavy atom. The quantitative estimate of drug-likeness (QED) is 0.741. The highest BCUT2D eigenvalue weighted by Crippen LogP contribution is 2.14. The van der Waals surface area contributed by atoms with Gasteiger partial charge in [0.05, 0.1) is 12.6 Å².